The van der Waals surface area contributed by atoms with E-state index in [0.717, 1.165) is 12.2 Å². The van der Waals surface area contributed by atoms with E-state index in [9.17, 15) is 17.8 Å². The molecule has 0 aliphatic carbocycles. The van der Waals surface area contributed by atoms with Crippen LogP contribution in [-0.4, -0.2) is 41.8 Å². The van der Waals surface area contributed by atoms with Crippen LogP contribution in [0.5, 0.6) is 0 Å². The van der Waals surface area contributed by atoms with E-state index >= 15 is 0 Å². The zero-order chi connectivity index (χ0) is 14.0. The summed E-state index contributed by atoms with van der Waals surface area (Å²) >= 11 is 0. The van der Waals surface area contributed by atoms with Gasteiger partial charge in [0.05, 0.1) is 10.1 Å². The van der Waals surface area contributed by atoms with Gasteiger partial charge in [-0.1, -0.05) is 13.3 Å². The highest BCUT2D eigenvalue weighted by atomic mass is 32.2. The second-order valence-electron chi connectivity index (χ2n) is 4.54. The van der Waals surface area contributed by atoms with Crippen molar-refractivity contribution in [1.29, 1.82) is 0 Å². The average molecular weight is 296 g/mol. The maximum Gasteiger partial charge on any atom is 0.178 e. The minimum absolute atomic E-state index is 0.219. The number of unbranched alkanes of at least 4 members (excludes halogenated alkanes) is 1. The summed E-state index contributed by atoms with van der Waals surface area (Å²) in [6.07, 6.45) is 5.33. The van der Waals surface area contributed by atoms with Crippen molar-refractivity contribution in [3.8, 4) is 0 Å². The Morgan fingerprint density at radius 2 is 1.78 bits per heavy atom. The molecule has 18 heavy (non-hydrogen) atoms. The van der Waals surface area contributed by atoms with Gasteiger partial charge in [0.2, 0.25) is 0 Å². The molecule has 0 aromatic carbocycles. The van der Waals surface area contributed by atoms with E-state index in [1.807, 2.05) is 6.92 Å². The number of hydrogen-bond acceptors (Lipinski definition) is 4. The van der Waals surface area contributed by atoms with E-state index in [4.69, 9.17) is 0 Å². The van der Waals surface area contributed by atoms with E-state index in [-0.39, 0.29) is 5.75 Å². The second kappa shape index (κ2) is 9.81. The van der Waals surface area contributed by atoms with Gasteiger partial charge in [0.1, 0.15) is 11.5 Å². The summed E-state index contributed by atoms with van der Waals surface area (Å²) in [6.45, 7) is 3.55. The lowest BCUT2D eigenvalue weighted by atomic mass is 10.3. The molecule has 0 bridgehead atoms. The molecule has 0 atom stereocenters. The minimum Gasteiger partial charge on any atom is -0.748 e. The number of ketones is 1. The van der Waals surface area contributed by atoms with Gasteiger partial charge in [0.15, 0.2) is 11.5 Å². The lowest BCUT2D eigenvalue weighted by molar-refractivity contribution is -0.114. The van der Waals surface area contributed by atoms with Gasteiger partial charge in [-0.2, -0.15) is 0 Å². The van der Waals surface area contributed by atoms with Crippen LogP contribution in [0, 0.1) is 0 Å². The first-order valence-corrected chi connectivity index (χ1v) is 9.73. The molecule has 1 aliphatic rings. The van der Waals surface area contributed by atoms with Crippen LogP contribution in [0.2, 0.25) is 0 Å². The molecule has 0 spiro atoms. The van der Waals surface area contributed by atoms with Crippen molar-refractivity contribution in [2.24, 2.45) is 0 Å². The van der Waals surface area contributed by atoms with Crippen molar-refractivity contribution in [3.63, 3.8) is 0 Å². The fourth-order valence-corrected chi connectivity index (χ4v) is 4.58. The fraction of sp³-hybridized carbons (Fsp3) is 0.917. The van der Waals surface area contributed by atoms with Crippen LogP contribution in [0.1, 0.15) is 46.0 Å². The summed E-state index contributed by atoms with van der Waals surface area (Å²) in [4.78, 5) is 10.7. The molecule has 0 N–H and O–H groups in total. The van der Waals surface area contributed by atoms with E-state index in [0.29, 0.717) is 23.1 Å². The Morgan fingerprint density at radius 1 is 1.22 bits per heavy atom. The summed E-state index contributed by atoms with van der Waals surface area (Å²) in [5.74, 6) is 3.66. The Bertz CT molecular complexity index is 319. The maximum absolute atomic E-state index is 10.7. The Hall–Kier alpha value is -0.0700. The van der Waals surface area contributed by atoms with Gasteiger partial charge in [0.25, 0.3) is 0 Å². The van der Waals surface area contributed by atoms with Crippen LogP contribution in [0.4, 0.5) is 0 Å². The molecular formula is C12H24O4S2. The maximum atomic E-state index is 10.7. The molecule has 1 heterocycles. The SMILES string of the molecule is CC(=O)C[S+]1CCCCC1.CCCCS(=O)(=O)[O-]. The average Bonchev–Trinajstić information content (AvgIpc) is 2.27. The summed E-state index contributed by atoms with van der Waals surface area (Å²) in [6, 6.07) is 0. The third kappa shape index (κ3) is 12.4. The molecular weight excluding hydrogens is 272 g/mol. The highest BCUT2D eigenvalue weighted by Gasteiger charge is 2.22. The van der Waals surface area contributed by atoms with Gasteiger partial charge in [-0.25, -0.2) is 8.42 Å². The van der Waals surface area contributed by atoms with Gasteiger partial charge in [-0.3, -0.25) is 4.79 Å². The van der Waals surface area contributed by atoms with Gasteiger partial charge >= 0.3 is 0 Å². The first kappa shape index (κ1) is 17.9. The number of rotatable bonds is 5. The van der Waals surface area contributed by atoms with Crippen molar-refractivity contribution in [2.45, 2.75) is 46.0 Å². The summed E-state index contributed by atoms with van der Waals surface area (Å²) in [5, 5.41) is 0. The first-order valence-electron chi connectivity index (χ1n) is 6.42. The quantitative estimate of drug-likeness (QED) is 0.572. The smallest absolute Gasteiger partial charge is 0.178 e. The van der Waals surface area contributed by atoms with E-state index in [2.05, 4.69) is 0 Å². The fourth-order valence-electron chi connectivity index (χ4n) is 1.64. The van der Waals surface area contributed by atoms with Crippen LogP contribution in [0.3, 0.4) is 0 Å². The van der Waals surface area contributed by atoms with Crippen LogP contribution in [0.15, 0.2) is 0 Å². The van der Waals surface area contributed by atoms with Crippen LogP contribution in [0.25, 0.3) is 0 Å². The van der Waals surface area contributed by atoms with Crippen molar-refractivity contribution < 1.29 is 17.8 Å². The molecule has 4 nitrogen and oxygen atoms in total. The molecule has 1 aliphatic heterocycles. The molecule has 0 amide bonds. The molecule has 0 aromatic rings. The second-order valence-corrected chi connectivity index (χ2v) is 8.40. The molecule has 0 radical (unpaired) electrons. The number of Topliss-reactive ketones (excluding diaryl/α,β-unsaturated/α-hetero) is 1. The predicted octanol–water partition coefficient (Wildman–Crippen LogP) is 1.71. The van der Waals surface area contributed by atoms with Gasteiger partial charge in [-0.05, 0) is 43.5 Å². The van der Waals surface area contributed by atoms with Gasteiger partial charge in [0, 0.05) is 5.75 Å². The van der Waals surface area contributed by atoms with Crippen molar-refractivity contribution in [3.05, 3.63) is 0 Å². The molecule has 6 heteroatoms. The van der Waals surface area contributed by atoms with Crippen molar-refractivity contribution in [2.75, 3.05) is 23.0 Å². The number of carbonyl (C=O) groups excluding carboxylic acids is 1. The van der Waals surface area contributed by atoms with Crippen molar-refractivity contribution >= 4 is 26.8 Å². The Kier molecular flexibility index (Phi) is 9.77. The predicted molar refractivity (Wildman–Crippen MR) is 76.0 cm³/mol. The lowest BCUT2D eigenvalue weighted by Gasteiger charge is -2.11. The Labute approximate surface area is 114 Å². The summed E-state index contributed by atoms with van der Waals surface area (Å²) in [7, 11) is -3.46. The van der Waals surface area contributed by atoms with Crippen molar-refractivity contribution in [1.82, 2.24) is 0 Å². The highest BCUT2D eigenvalue weighted by Crippen LogP contribution is 2.13. The van der Waals surface area contributed by atoms with Crippen LogP contribution >= 0.6 is 0 Å². The van der Waals surface area contributed by atoms with Gasteiger partial charge < -0.3 is 4.55 Å². The largest absolute Gasteiger partial charge is 0.748 e. The number of carbonyl (C=O) groups is 1. The third-order valence-corrected chi connectivity index (χ3v) is 5.86. The minimum atomic E-state index is -3.94. The molecule has 108 valence electrons. The van der Waals surface area contributed by atoms with Gasteiger partial charge in [-0.15, -0.1) is 0 Å². The van der Waals surface area contributed by atoms with E-state index in [1.54, 1.807) is 6.92 Å². The van der Waals surface area contributed by atoms with Crippen LogP contribution < -0.4 is 0 Å². The summed E-state index contributed by atoms with van der Waals surface area (Å²) < 4.78 is 29.5. The Balaban J connectivity index is 0.000000331. The molecule has 0 aromatic heterocycles. The third-order valence-electron chi connectivity index (χ3n) is 2.52. The molecule has 1 saturated heterocycles. The first-order chi connectivity index (χ1) is 8.35. The number of hydrogen-bond donors (Lipinski definition) is 0. The summed E-state index contributed by atoms with van der Waals surface area (Å²) in [5.41, 5.74) is 0. The lowest BCUT2D eigenvalue weighted by Crippen LogP contribution is -2.24. The Morgan fingerprint density at radius 3 is 2.11 bits per heavy atom. The van der Waals surface area contributed by atoms with E-state index in [1.165, 1.54) is 30.8 Å². The normalized spacial score (nSPS) is 16.8. The standard InChI is InChI=1S/C8H15OS.C4H10O3S/c1-8(9)7-10-5-3-2-4-6-10;1-2-3-4-8(5,6)7/h2-7H2,1H3;2-4H2,1H3,(H,5,6,7)/q+1;/p-1. The van der Waals surface area contributed by atoms with E-state index < -0.39 is 10.1 Å². The highest BCUT2D eigenvalue weighted by molar-refractivity contribution is 7.97. The topological polar surface area (TPSA) is 74.3 Å². The molecule has 1 fully saturated rings. The zero-order valence-electron chi connectivity index (χ0n) is 11.3. The molecule has 0 unspecified atom stereocenters. The molecule has 1 rings (SSSR count). The molecule has 0 saturated carbocycles. The monoisotopic (exact) mass is 296 g/mol. The zero-order valence-corrected chi connectivity index (χ0v) is 12.9. The van der Waals surface area contributed by atoms with Crippen LogP contribution in [-0.2, 0) is 25.8 Å².